The third-order valence-electron chi connectivity index (χ3n) is 4.74. The Balaban J connectivity index is 2.26. The Kier molecular flexibility index (Phi) is 3.14. The number of aryl methyl sites for hydroxylation is 2. The van der Waals surface area contributed by atoms with Crippen molar-refractivity contribution >= 4 is 21.9 Å². The molecule has 2 heterocycles. The molecule has 0 bridgehead atoms. The third kappa shape index (κ3) is 1.93. The van der Waals surface area contributed by atoms with E-state index < -0.39 is 0 Å². The van der Waals surface area contributed by atoms with Gasteiger partial charge in [-0.2, -0.15) is 5.26 Å². The van der Waals surface area contributed by atoms with E-state index in [1.54, 1.807) is 6.07 Å². The number of nitriles is 1. The molecule has 2 aromatic heterocycles. The van der Waals surface area contributed by atoms with Crippen molar-refractivity contribution in [3.8, 4) is 17.3 Å². The summed E-state index contributed by atoms with van der Waals surface area (Å²) < 4.78 is 8.20. The summed E-state index contributed by atoms with van der Waals surface area (Å²) in [6.45, 7) is 4.24. The van der Waals surface area contributed by atoms with Gasteiger partial charge in [0.05, 0.1) is 11.1 Å². The molecule has 2 aromatic carbocycles. The van der Waals surface area contributed by atoms with E-state index >= 15 is 0 Å². The Morgan fingerprint density at radius 1 is 1.08 bits per heavy atom. The number of benzene rings is 2. The number of furan rings is 1. The molecular weight excluding hydrogens is 296 g/mol. The Bertz CT molecular complexity index is 1150. The molecule has 0 saturated carbocycles. The third-order valence-corrected chi connectivity index (χ3v) is 4.74. The van der Waals surface area contributed by atoms with E-state index in [1.165, 1.54) is 16.7 Å². The van der Waals surface area contributed by atoms with Crippen LogP contribution in [0.2, 0.25) is 0 Å². The highest BCUT2D eigenvalue weighted by Crippen LogP contribution is 2.39. The molecule has 0 atom stereocenters. The van der Waals surface area contributed by atoms with Gasteiger partial charge in [-0.3, -0.25) is 0 Å². The van der Waals surface area contributed by atoms with Crippen LogP contribution in [0.15, 0.2) is 53.1 Å². The van der Waals surface area contributed by atoms with Gasteiger partial charge in [0.15, 0.2) is 11.8 Å². The fourth-order valence-corrected chi connectivity index (χ4v) is 3.38. The number of para-hydroxylation sites is 1. The first kappa shape index (κ1) is 14.5. The summed E-state index contributed by atoms with van der Waals surface area (Å²) in [5.41, 5.74) is 6.78. The van der Waals surface area contributed by atoms with E-state index in [9.17, 15) is 5.26 Å². The summed E-state index contributed by atoms with van der Waals surface area (Å²) >= 11 is 0. The van der Waals surface area contributed by atoms with Crippen LogP contribution >= 0.6 is 0 Å². The Morgan fingerprint density at radius 3 is 2.67 bits per heavy atom. The lowest BCUT2D eigenvalue weighted by Gasteiger charge is -2.09. The van der Waals surface area contributed by atoms with E-state index in [0.29, 0.717) is 11.1 Å². The van der Waals surface area contributed by atoms with Gasteiger partial charge < -0.3 is 4.42 Å². The summed E-state index contributed by atoms with van der Waals surface area (Å²) in [5.74, 6) is 0. The lowest BCUT2D eigenvalue weighted by molar-refractivity contribution is -0.660. The molecule has 3 nitrogen and oxygen atoms in total. The van der Waals surface area contributed by atoms with Crippen molar-refractivity contribution in [2.75, 3.05) is 0 Å². The Morgan fingerprint density at radius 2 is 1.92 bits per heavy atom. The number of nitrogens with zero attached hydrogens (tertiary/aromatic N) is 2. The average molecular weight is 313 g/mol. The van der Waals surface area contributed by atoms with E-state index in [4.69, 9.17) is 4.42 Å². The molecular formula is C21H17N2O+. The summed E-state index contributed by atoms with van der Waals surface area (Å²) in [7, 11) is 2.05. The summed E-state index contributed by atoms with van der Waals surface area (Å²) in [5, 5.41) is 11.5. The SMILES string of the molecule is Cc1cc2oc3c(C#N)cccc3c2c(-c2cccc[n+]2C)c1C. The summed E-state index contributed by atoms with van der Waals surface area (Å²) in [4.78, 5) is 0. The molecule has 0 aliphatic heterocycles. The quantitative estimate of drug-likeness (QED) is 0.483. The molecule has 0 fully saturated rings. The van der Waals surface area contributed by atoms with Crippen LogP contribution in [0.4, 0.5) is 0 Å². The number of fused-ring (bicyclic) bond motifs is 3. The first-order valence-corrected chi connectivity index (χ1v) is 7.92. The molecule has 0 aliphatic carbocycles. The van der Waals surface area contributed by atoms with Crippen molar-refractivity contribution in [3.63, 3.8) is 0 Å². The standard InChI is InChI=1S/C21H17N2O/c1-13-11-18-20(16-8-6-7-15(12-22)21(16)24-18)19(14(13)2)17-9-4-5-10-23(17)3/h4-11H,1-3H3/q+1. The molecule has 24 heavy (non-hydrogen) atoms. The molecule has 0 amide bonds. The molecule has 4 rings (SSSR count). The molecule has 0 spiro atoms. The molecule has 0 radical (unpaired) electrons. The van der Waals surface area contributed by atoms with Crippen LogP contribution in [0.25, 0.3) is 33.2 Å². The summed E-state index contributed by atoms with van der Waals surface area (Å²) in [6.07, 6.45) is 2.05. The number of aromatic nitrogens is 1. The van der Waals surface area contributed by atoms with E-state index in [0.717, 1.165) is 22.0 Å². The van der Waals surface area contributed by atoms with Crippen molar-refractivity contribution in [2.24, 2.45) is 7.05 Å². The van der Waals surface area contributed by atoms with Gasteiger partial charge in [-0.1, -0.05) is 12.1 Å². The molecule has 116 valence electrons. The second-order valence-corrected chi connectivity index (χ2v) is 6.16. The Hall–Kier alpha value is -3.12. The number of hydrogen-bond acceptors (Lipinski definition) is 2. The van der Waals surface area contributed by atoms with E-state index in [1.807, 2.05) is 37.5 Å². The van der Waals surface area contributed by atoms with Gasteiger partial charge >= 0.3 is 0 Å². The molecule has 3 heteroatoms. The van der Waals surface area contributed by atoms with Gasteiger partial charge in [0.2, 0.25) is 5.69 Å². The van der Waals surface area contributed by atoms with Crippen molar-refractivity contribution in [1.82, 2.24) is 0 Å². The Labute approximate surface area is 140 Å². The van der Waals surface area contributed by atoms with Crippen molar-refractivity contribution in [2.45, 2.75) is 13.8 Å². The van der Waals surface area contributed by atoms with Crippen molar-refractivity contribution in [1.29, 1.82) is 5.26 Å². The maximum Gasteiger partial charge on any atom is 0.213 e. The lowest BCUT2D eigenvalue weighted by atomic mass is 9.94. The van der Waals surface area contributed by atoms with Gasteiger partial charge in [0.1, 0.15) is 18.7 Å². The van der Waals surface area contributed by atoms with Crippen LogP contribution in [0.5, 0.6) is 0 Å². The minimum Gasteiger partial charge on any atom is -0.455 e. The maximum absolute atomic E-state index is 9.39. The predicted molar refractivity (Wildman–Crippen MR) is 94.5 cm³/mol. The summed E-state index contributed by atoms with van der Waals surface area (Å²) in [6, 6.07) is 16.2. The zero-order chi connectivity index (χ0) is 16.8. The highest BCUT2D eigenvalue weighted by atomic mass is 16.3. The molecule has 0 aliphatic rings. The fourth-order valence-electron chi connectivity index (χ4n) is 3.38. The number of hydrogen-bond donors (Lipinski definition) is 0. The van der Waals surface area contributed by atoms with Crippen LogP contribution in [-0.2, 0) is 7.05 Å². The fraction of sp³-hybridized carbons (Fsp3) is 0.143. The van der Waals surface area contributed by atoms with Crippen LogP contribution < -0.4 is 4.57 Å². The first-order valence-electron chi connectivity index (χ1n) is 7.92. The van der Waals surface area contributed by atoms with Crippen molar-refractivity contribution < 1.29 is 8.98 Å². The molecule has 0 N–H and O–H groups in total. The zero-order valence-corrected chi connectivity index (χ0v) is 13.9. The molecule has 0 unspecified atom stereocenters. The average Bonchev–Trinajstić information content (AvgIpc) is 2.95. The van der Waals surface area contributed by atoms with Crippen LogP contribution in [-0.4, -0.2) is 0 Å². The normalized spacial score (nSPS) is 11.1. The van der Waals surface area contributed by atoms with Gasteiger partial charge in [-0.05, 0) is 43.2 Å². The highest BCUT2D eigenvalue weighted by molar-refractivity contribution is 6.13. The second-order valence-electron chi connectivity index (χ2n) is 6.16. The van der Waals surface area contributed by atoms with E-state index in [2.05, 4.69) is 36.6 Å². The van der Waals surface area contributed by atoms with E-state index in [-0.39, 0.29) is 0 Å². The van der Waals surface area contributed by atoms with Crippen LogP contribution in [0.1, 0.15) is 16.7 Å². The number of pyridine rings is 1. The molecule has 4 aromatic rings. The predicted octanol–water partition coefficient (Wildman–Crippen LogP) is 4.57. The van der Waals surface area contributed by atoms with Gasteiger partial charge in [0.25, 0.3) is 0 Å². The minimum atomic E-state index is 0.572. The van der Waals surface area contributed by atoms with Gasteiger partial charge in [-0.25, -0.2) is 4.57 Å². The topological polar surface area (TPSA) is 40.8 Å². The van der Waals surface area contributed by atoms with Crippen LogP contribution in [0, 0.1) is 25.2 Å². The van der Waals surface area contributed by atoms with Crippen LogP contribution in [0.3, 0.4) is 0 Å². The van der Waals surface area contributed by atoms with Gasteiger partial charge in [-0.15, -0.1) is 0 Å². The lowest BCUT2D eigenvalue weighted by Crippen LogP contribution is -2.30. The monoisotopic (exact) mass is 313 g/mol. The molecule has 0 saturated heterocycles. The first-order chi connectivity index (χ1) is 11.6. The second kappa shape index (κ2) is 5.21. The van der Waals surface area contributed by atoms with Gasteiger partial charge in [0, 0.05) is 22.9 Å². The smallest absolute Gasteiger partial charge is 0.213 e. The minimum absolute atomic E-state index is 0.572. The highest BCUT2D eigenvalue weighted by Gasteiger charge is 2.22. The number of rotatable bonds is 1. The largest absolute Gasteiger partial charge is 0.455 e. The van der Waals surface area contributed by atoms with Crippen molar-refractivity contribution in [3.05, 3.63) is 65.4 Å². The maximum atomic E-state index is 9.39. The zero-order valence-electron chi connectivity index (χ0n) is 13.9.